The third kappa shape index (κ3) is 10.1. The number of unbranched alkanes of at least 4 members (excludes halogenated alkanes) is 4. The van der Waals surface area contributed by atoms with Crippen molar-refractivity contribution in [3.05, 3.63) is 12.2 Å². The summed E-state index contributed by atoms with van der Waals surface area (Å²) < 4.78 is 52.5. The minimum atomic E-state index is -3.93. The fourth-order valence-corrected chi connectivity index (χ4v) is 2.94. The van der Waals surface area contributed by atoms with Gasteiger partial charge in [0.2, 0.25) is 0 Å². The van der Waals surface area contributed by atoms with Crippen molar-refractivity contribution in [2.24, 2.45) is 0 Å². The van der Waals surface area contributed by atoms with E-state index < -0.39 is 20.4 Å². The maximum atomic E-state index is 12.9. The monoisotopic (exact) mass is 328 g/mol. The maximum absolute atomic E-state index is 12.9. The summed E-state index contributed by atoms with van der Waals surface area (Å²) in [7, 11) is -3.93. The van der Waals surface area contributed by atoms with Crippen LogP contribution < -0.4 is 0 Å². The predicted molar refractivity (Wildman–Crippen MR) is 79.6 cm³/mol. The zero-order valence-electron chi connectivity index (χ0n) is 13.1. The first-order chi connectivity index (χ1) is 9.99. The van der Waals surface area contributed by atoms with Crippen LogP contribution in [0.5, 0.6) is 0 Å². The molecule has 21 heavy (non-hydrogen) atoms. The number of rotatable bonds is 13. The molecule has 0 heterocycles. The Kier molecular flexibility index (Phi) is 12.1. The highest BCUT2D eigenvalue weighted by Gasteiger charge is 2.33. The first-order valence-corrected chi connectivity index (χ1v) is 8.97. The second-order valence-electron chi connectivity index (χ2n) is 4.46. The van der Waals surface area contributed by atoms with E-state index in [-0.39, 0.29) is 13.2 Å². The lowest BCUT2D eigenvalue weighted by molar-refractivity contribution is 0.00788. The summed E-state index contributed by atoms with van der Waals surface area (Å²) in [6.07, 6.45) is 3.46. The van der Waals surface area contributed by atoms with E-state index in [0.29, 0.717) is 6.42 Å². The number of hydrogen-bond acceptors (Lipinski definition) is 4. The zero-order valence-corrected chi connectivity index (χ0v) is 14.0. The number of phosphoric acid groups is 1. The predicted octanol–water partition coefficient (Wildman–Crippen LogP) is 5.34. The fraction of sp³-hybridized carbons (Fsp3) is 0.857. The molecule has 0 aliphatic heterocycles. The fourth-order valence-electron chi connectivity index (χ4n) is 1.65. The molecule has 0 aliphatic rings. The van der Waals surface area contributed by atoms with Gasteiger partial charge in [0, 0.05) is 0 Å². The molecule has 0 bridgehead atoms. The molecule has 0 aliphatic carbocycles. The average molecular weight is 328 g/mol. The molecule has 126 valence electrons. The van der Waals surface area contributed by atoms with Crippen LogP contribution in [0.25, 0.3) is 0 Å². The summed E-state index contributed by atoms with van der Waals surface area (Å²) >= 11 is 0. The minimum Gasteiger partial charge on any atom is -0.287 e. The number of hydrogen-bond donors (Lipinski definition) is 0. The topological polar surface area (TPSA) is 44.8 Å². The largest absolute Gasteiger partial charge is 0.475 e. The smallest absolute Gasteiger partial charge is 0.287 e. The molecule has 1 unspecified atom stereocenters. The van der Waals surface area contributed by atoms with Crippen molar-refractivity contribution in [3.63, 3.8) is 0 Å². The van der Waals surface area contributed by atoms with E-state index in [2.05, 4.69) is 6.92 Å². The molecule has 7 heteroatoms. The van der Waals surface area contributed by atoms with Crippen molar-refractivity contribution in [3.8, 4) is 0 Å². The molecule has 0 saturated heterocycles. The Morgan fingerprint density at radius 2 is 1.67 bits per heavy atom. The Morgan fingerprint density at radius 3 is 2.14 bits per heavy atom. The lowest BCUT2D eigenvalue weighted by atomic mass is 10.1. The van der Waals surface area contributed by atoms with E-state index in [0.717, 1.165) is 25.7 Å². The molecule has 1 atom stereocenters. The normalized spacial score (nSPS) is 14.2. The van der Waals surface area contributed by atoms with Crippen molar-refractivity contribution in [2.45, 2.75) is 65.4 Å². The molecule has 0 aromatic rings. The molecule has 0 aromatic heterocycles. The van der Waals surface area contributed by atoms with Crippen LogP contribution in [0.15, 0.2) is 12.2 Å². The first-order valence-electron chi connectivity index (χ1n) is 7.51. The van der Waals surface area contributed by atoms with Crippen LogP contribution in [0.4, 0.5) is 8.78 Å². The van der Waals surface area contributed by atoms with Gasteiger partial charge in [0.1, 0.15) is 6.10 Å². The molecular formula is C14H27F2O4P. The molecule has 0 aromatic carbocycles. The van der Waals surface area contributed by atoms with Crippen molar-refractivity contribution in [2.75, 3.05) is 13.2 Å². The summed E-state index contributed by atoms with van der Waals surface area (Å²) in [6, 6.07) is 0. The molecule has 0 spiro atoms. The third-order valence-corrected chi connectivity index (χ3v) is 4.27. The van der Waals surface area contributed by atoms with Gasteiger partial charge in [0.15, 0.2) is 0 Å². The van der Waals surface area contributed by atoms with Crippen LogP contribution in [0.1, 0.15) is 52.9 Å². The molecule has 4 nitrogen and oxygen atoms in total. The Bertz CT molecular complexity index is 314. The summed E-state index contributed by atoms with van der Waals surface area (Å²) in [5.74, 6) is 0. The second kappa shape index (κ2) is 12.3. The van der Waals surface area contributed by atoms with Gasteiger partial charge < -0.3 is 0 Å². The van der Waals surface area contributed by atoms with Crippen LogP contribution in [0, 0.1) is 0 Å². The van der Waals surface area contributed by atoms with Crippen molar-refractivity contribution in [1.82, 2.24) is 0 Å². The van der Waals surface area contributed by atoms with E-state index in [4.69, 9.17) is 13.6 Å². The van der Waals surface area contributed by atoms with Crippen LogP contribution in [-0.4, -0.2) is 25.7 Å². The summed E-state index contributed by atoms with van der Waals surface area (Å²) in [6.45, 7) is 5.42. The Hall–Kier alpha value is -0.290. The standard InChI is InChI=1S/C14H27F2O4P/c1-4-7-8-9-10-11-12-13(14(15)16)20-21(17,18-5-2)19-6-3/h11-14H,4-10H2,1-3H3/b12-11+. The first kappa shape index (κ1) is 20.7. The molecular weight excluding hydrogens is 301 g/mol. The van der Waals surface area contributed by atoms with Gasteiger partial charge in [-0.15, -0.1) is 0 Å². The van der Waals surface area contributed by atoms with Crippen LogP contribution in [-0.2, 0) is 18.1 Å². The number of phosphoric ester groups is 1. The number of alkyl halides is 2. The number of allylic oxidation sites excluding steroid dienone is 1. The average Bonchev–Trinajstić information content (AvgIpc) is 2.41. The Labute approximate surface area is 126 Å². The van der Waals surface area contributed by atoms with Gasteiger partial charge >= 0.3 is 7.82 Å². The van der Waals surface area contributed by atoms with Gasteiger partial charge in [-0.3, -0.25) is 13.6 Å². The van der Waals surface area contributed by atoms with E-state index in [9.17, 15) is 13.3 Å². The lowest BCUT2D eigenvalue weighted by Crippen LogP contribution is -2.19. The van der Waals surface area contributed by atoms with Crippen molar-refractivity contribution in [1.29, 1.82) is 0 Å². The van der Waals surface area contributed by atoms with Gasteiger partial charge in [-0.2, -0.15) is 0 Å². The van der Waals surface area contributed by atoms with E-state index in [1.807, 2.05) is 0 Å². The SMILES string of the molecule is CCCCCC/C=C/C(OP(=O)(OCC)OCC)C(F)F. The summed E-state index contributed by atoms with van der Waals surface area (Å²) in [4.78, 5) is 0. The Balaban J connectivity index is 4.45. The van der Waals surface area contributed by atoms with Gasteiger partial charge in [-0.05, 0) is 26.7 Å². The van der Waals surface area contributed by atoms with E-state index in [1.54, 1.807) is 19.9 Å². The quantitative estimate of drug-likeness (QED) is 0.260. The molecule has 0 rings (SSSR count). The van der Waals surface area contributed by atoms with Gasteiger partial charge in [-0.25, -0.2) is 13.3 Å². The van der Waals surface area contributed by atoms with Gasteiger partial charge in [0.05, 0.1) is 13.2 Å². The Morgan fingerprint density at radius 1 is 1.05 bits per heavy atom. The maximum Gasteiger partial charge on any atom is 0.475 e. The van der Waals surface area contributed by atoms with Crippen LogP contribution in [0.2, 0.25) is 0 Å². The molecule has 0 fully saturated rings. The summed E-state index contributed by atoms with van der Waals surface area (Å²) in [5, 5.41) is 0. The molecule has 0 saturated carbocycles. The lowest BCUT2D eigenvalue weighted by Gasteiger charge is -2.20. The summed E-state index contributed by atoms with van der Waals surface area (Å²) in [5.41, 5.74) is 0. The number of halogens is 2. The van der Waals surface area contributed by atoms with Gasteiger partial charge in [0.25, 0.3) is 6.43 Å². The molecule has 0 N–H and O–H groups in total. The molecule has 0 amide bonds. The third-order valence-electron chi connectivity index (χ3n) is 2.62. The minimum absolute atomic E-state index is 0.0635. The van der Waals surface area contributed by atoms with Crippen molar-refractivity contribution >= 4 is 7.82 Å². The highest BCUT2D eigenvalue weighted by atomic mass is 31.2. The van der Waals surface area contributed by atoms with E-state index >= 15 is 0 Å². The zero-order chi connectivity index (χ0) is 16.1. The van der Waals surface area contributed by atoms with Crippen LogP contribution >= 0.6 is 7.82 Å². The highest BCUT2D eigenvalue weighted by molar-refractivity contribution is 7.48. The second-order valence-corrected chi connectivity index (χ2v) is 6.09. The van der Waals surface area contributed by atoms with Gasteiger partial charge in [-0.1, -0.05) is 38.3 Å². The molecule has 0 radical (unpaired) electrons. The van der Waals surface area contributed by atoms with Crippen molar-refractivity contribution < 1.29 is 26.9 Å². The highest BCUT2D eigenvalue weighted by Crippen LogP contribution is 2.51. The van der Waals surface area contributed by atoms with Crippen LogP contribution in [0.3, 0.4) is 0 Å². The van der Waals surface area contributed by atoms with E-state index in [1.165, 1.54) is 6.08 Å².